The van der Waals surface area contributed by atoms with E-state index >= 15 is 0 Å². The van der Waals surface area contributed by atoms with E-state index in [9.17, 15) is 9.18 Å². The van der Waals surface area contributed by atoms with Gasteiger partial charge in [-0.15, -0.1) is 0 Å². The van der Waals surface area contributed by atoms with Gasteiger partial charge < -0.3 is 4.74 Å². The molecule has 0 aromatic heterocycles. The molecule has 3 heteroatoms. The zero-order chi connectivity index (χ0) is 12.1. The van der Waals surface area contributed by atoms with Crippen LogP contribution in [-0.4, -0.2) is 12.6 Å². The Hall–Kier alpha value is -1.38. The average molecular weight is 224 g/mol. The molecule has 0 heterocycles. The monoisotopic (exact) mass is 224 g/mol. The highest BCUT2D eigenvalue weighted by atomic mass is 19.1. The molecular formula is C13H17FO2. The largest absolute Gasteiger partial charge is 0.427 e. The molecular weight excluding hydrogens is 207 g/mol. The van der Waals surface area contributed by atoms with Crippen LogP contribution in [-0.2, 0) is 11.2 Å². The van der Waals surface area contributed by atoms with Crippen molar-refractivity contribution >= 4 is 5.97 Å². The van der Waals surface area contributed by atoms with Gasteiger partial charge in [-0.2, -0.15) is 0 Å². The Morgan fingerprint density at radius 1 is 1.44 bits per heavy atom. The van der Waals surface area contributed by atoms with Crippen molar-refractivity contribution in [2.45, 2.75) is 33.1 Å². The first-order chi connectivity index (χ1) is 7.56. The summed E-state index contributed by atoms with van der Waals surface area (Å²) in [6.07, 6.45) is 0.834. The fraction of sp³-hybridized carbons (Fsp3) is 0.462. The molecule has 0 radical (unpaired) electrons. The number of alkyl halides is 1. The molecule has 0 aliphatic heterocycles. The van der Waals surface area contributed by atoms with E-state index in [4.69, 9.17) is 4.74 Å². The molecule has 1 aromatic carbocycles. The predicted molar refractivity (Wildman–Crippen MR) is 61.5 cm³/mol. The molecule has 2 nitrogen and oxygen atoms in total. The topological polar surface area (TPSA) is 26.3 Å². The molecule has 0 N–H and O–H groups in total. The van der Waals surface area contributed by atoms with Crippen LogP contribution in [0, 0.1) is 0 Å². The van der Waals surface area contributed by atoms with E-state index in [1.54, 1.807) is 6.07 Å². The van der Waals surface area contributed by atoms with Crippen LogP contribution < -0.4 is 4.74 Å². The van der Waals surface area contributed by atoms with Crippen LogP contribution in [0.5, 0.6) is 5.75 Å². The third-order valence-electron chi connectivity index (χ3n) is 2.46. The number of carbonyl (C=O) groups excluding carboxylic acids is 1. The van der Waals surface area contributed by atoms with Crippen LogP contribution in [0.3, 0.4) is 0 Å². The van der Waals surface area contributed by atoms with Gasteiger partial charge in [0.2, 0.25) is 0 Å². The first kappa shape index (κ1) is 12.7. The third-order valence-corrected chi connectivity index (χ3v) is 2.46. The quantitative estimate of drug-likeness (QED) is 0.579. The summed E-state index contributed by atoms with van der Waals surface area (Å²) in [7, 11) is 0. The first-order valence-electron chi connectivity index (χ1n) is 5.45. The van der Waals surface area contributed by atoms with Crippen molar-refractivity contribution in [2.75, 3.05) is 6.67 Å². The number of hydrogen-bond acceptors (Lipinski definition) is 2. The minimum Gasteiger partial charge on any atom is -0.427 e. The second kappa shape index (κ2) is 5.64. The fourth-order valence-corrected chi connectivity index (χ4v) is 1.49. The van der Waals surface area contributed by atoms with Crippen molar-refractivity contribution in [2.24, 2.45) is 0 Å². The zero-order valence-corrected chi connectivity index (χ0v) is 9.92. The lowest BCUT2D eigenvalue weighted by Crippen LogP contribution is -2.04. The molecule has 0 saturated carbocycles. The number of ether oxygens (including phenoxy) is 1. The van der Waals surface area contributed by atoms with E-state index < -0.39 is 6.67 Å². The van der Waals surface area contributed by atoms with Crippen molar-refractivity contribution < 1.29 is 13.9 Å². The van der Waals surface area contributed by atoms with Crippen LogP contribution in [0.2, 0.25) is 0 Å². The maximum absolute atomic E-state index is 12.6. The van der Waals surface area contributed by atoms with E-state index in [0.29, 0.717) is 5.75 Å². The first-order valence-corrected chi connectivity index (χ1v) is 5.45. The summed E-state index contributed by atoms with van der Waals surface area (Å²) in [4.78, 5) is 10.9. The molecule has 0 bridgehead atoms. The number of esters is 1. The zero-order valence-electron chi connectivity index (χ0n) is 9.92. The number of benzene rings is 1. The third kappa shape index (κ3) is 3.33. The molecule has 1 unspecified atom stereocenters. The van der Waals surface area contributed by atoms with E-state index in [-0.39, 0.29) is 11.9 Å². The highest BCUT2D eigenvalue weighted by molar-refractivity contribution is 5.69. The van der Waals surface area contributed by atoms with Crippen molar-refractivity contribution in [3.63, 3.8) is 0 Å². The molecule has 0 fully saturated rings. The molecule has 1 aromatic rings. The summed E-state index contributed by atoms with van der Waals surface area (Å²) in [6.45, 7) is 4.77. The van der Waals surface area contributed by atoms with Gasteiger partial charge in [-0.25, -0.2) is 0 Å². The molecule has 1 atom stereocenters. The van der Waals surface area contributed by atoms with E-state index in [1.165, 1.54) is 6.92 Å². The van der Waals surface area contributed by atoms with Crippen molar-refractivity contribution in [3.05, 3.63) is 29.3 Å². The Kier molecular flexibility index (Phi) is 4.47. The van der Waals surface area contributed by atoms with Crippen molar-refractivity contribution in [3.8, 4) is 5.75 Å². The van der Waals surface area contributed by atoms with Gasteiger partial charge in [-0.3, -0.25) is 9.18 Å². The lowest BCUT2D eigenvalue weighted by Gasteiger charge is -2.11. The standard InChI is InChI=1S/C13H17FO2/c1-4-11-5-12(9(2)8-14)7-13(6-11)16-10(3)15/h5-7,9H,4,8H2,1-3H3. The Labute approximate surface area is 95.4 Å². The fourth-order valence-electron chi connectivity index (χ4n) is 1.49. The Balaban J connectivity index is 3.05. The van der Waals surface area contributed by atoms with Crippen LogP contribution in [0.15, 0.2) is 18.2 Å². The average Bonchev–Trinajstić information content (AvgIpc) is 2.26. The smallest absolute Gasteiger partial charge is 0.308 e. The van der Waals surface area contributed by atoms with Crippen LogP contribution in [0.1, 0.15) is 37.8 Å². The second-order valence-electron chi connectivity index (χ2n) is 3.91. The van der Waals surface area contributed by atoms with Gasteiger partial charge in [0.15, 0.2) is 0 Å². The molecule has 16 heavy (non-hydrogen) atoms. The van der Waals surface area contributed by atoms with Gasteiger partial charge in [0.25, 0.3) is 0 Å². The van der Waals surface area contributed by atoms with Gasteiger partial charge in [0.05, 0.1) is 6.67 Å². The van der Waals surface area contributed by atoms with E-state index in [0.717, 1.165) is 17.5 Å². The second-order valence-corrected chi connectivity index (χ2v) is 3.91. The molecule has 0 aliphatic carbocycles. The number of carbonyl (C=O) groups is 1. The van der Waals surface area contributed by atoms with Crippen molar-refractivity contribution in [1.82, 2.24) is 0 Å². The molecule has 0 aliphatic rings. The molecule has 0 amide bonds. The van der Waals surface area contributed by atoms with Crippen LogP contribution in [0.4, 0.5) is 4.39 Å². The van der Waals surface area contributed by atoms with Gasteiger partial charge in [-0.1, -0.05) is 19.9 Å². The molecule has 0 saturated heterocycles. The number of hydrogen-bond donors (Lipinski definition) is 0. The van der Waals surface area contributed by atoms with E-state index in [1.807, 2.05) is 26.0 Å². The highest BCUT2D eigenvalue weighted by Crippen LogP contribution is 2.24. The number of halogens is 1. The summed E-state index contributed by atoms with van der Waals surface area (Å²) >= 11 is 0. The Morgan fingerprint density at radius 3 is 2.62 bits per heavy atom. The normalized spacial score (nSPS) is 12.2. The summed E-state index contributed by atoms with van der Waals surface area (Å²) in [5.41, 5.74) is 1.92. The van der Waals surface area contributed by atoms with Crippen LogP contribution >= 0.6 is 0 Å². The lowest BCUT2D eigenvalue weighted by atomic mass is 9.99. The summed E-state index contributed by atoms with van der Waals surface area (Å²) in [5.74, 6) is -0.0185. The SMILES string of the molecule is CCc1cc(OC(C)=O)cc(C(C)CF)c1. The predicted octanol–water partition coefficient (Wildman–Crippen LogP) is 3.25. The summed E-state index contributed by atoms with van der Waals surface area (Å²) < 4.78 is 17.6. The van der Waals surface area contributed by atoms with Gasteiger partial charge in [-0.05, 0) is 29.7 Å². The highest BCUT2D eigenvalue weighted by Gasteiger charge is 2.09. The molecule has 1 rings (SSSR count). The Morgan fingerprint density at radius 2 is 2.12 bits per heavy atom. The minimum atomic E-state index is -0.410. The number of rotatable bonds is 4. The molecule has 0 spiro atoms. The van der Waals surface area contributed by atoms with E-state index in [2.05, 4.69) is 0 Å². The molecule has 88 valence electrons. The van der Waals surface area contributed by atoms with Gasteiger partial charge in [0, 0.05) is 12.8 Å². The Bertz CT molecular complexity index is 374. The minimum absolute atomic E-state index is 0.166. The maximum Gasteiger partial charge on any atom is 0.308 e. The van der Waals surface area contributed by atoms with Gasteiger partial charge >= 0.3 is 5.97 Å². The summed E-state index contributed by atoms with van der Waals surface area (Å²) in [6, 6.07) is 5.50. The lowest BCUT2D eigenvalue weighted by molar-refractivity contribution is -0.131. The summed E-state index contributed by atoms with van der Waals surface area (Å²) in [5, 5.41) is 0. The van der Waals surface area contributed by atoms with Gasteiger partial charge in [0.1, 0.15) is 5.75 Å². The number of aryl methyl sites for hydroxylation is 1. The van der Waals surface area contributed by atoms with Crippen LogP contribution in [0.25, 0.3) is 0 Å². The van der Waals surface area contributed by atoms with Crippen molar-refractivity contribution in [1.29, 1.82) is 0 Å². The maximum atomic E-state index is 12.6.